The predicted molar refractivity (Wildman–Crippen MR) is 89.1 cm³/mol. The van der Waals surface area contributed by atoms with Crippen molar-refractivity contribution in [3.63, 3.8) is 0 Å². The first kappa shape index (κ1) is 14.7. The minimum Gasteiger partial charge on any atom is -0.327 e. The molecule has 0 aromatic heterocycles. The topological polar surface area (TPSA) is 45.9 Å². The van der Waals surface area contributed by atoms with Crippen molar-refractivity contribution in [1.29, 1.82) is 0 Å². The van der Waals surface area contributed by atoms with Crippen LogP contribution in [0.4, 0.5) is 0 Å². The summed E-state index contributed by atoms with van der Waals surface area (Å²) in [6.45, 7) is 2.72. The number of piperidine rings is 1. The van der Waals surface area contributed by atoms with Crippen LogP contribution in [0.5, 0.6) is 0 Å². The van der Waals surface area contributed by atoms with Crippen LogP contribution in [0.25, 0.3) is 10.8 Å². The normalized spacial score (nSPS) is 16.2. The Bertz CT molecular complexity index is 670. The second kappa shape index (κ2) is 7.18. The van der Waals surface area contributed by atoms with Gasteiger partial charge in [0, 0.05) is 5.56 Å². The summed E-state index contributed by atoms with van der Waals surface area (Å²) in [4.78, 5) is 13.3. The molecular weight excluding hydrogens is 274 g/mol. The van der Waals surface area contributed by atoms with Crippen molar-refractivity contribution < 1.29 is 9.69 Å². The smallest absolute Gasteiger partial charge is 0.295 e. The molecule has 3 rings (SSSR count). The van der Waals surface area contributed by atoms with Crippen molar-refractivity contribution in [2.75, 3.05) is 19.6 Å². The fourth-order valence-electron chi connectivity index (χ4n) is 3.03. The monoisotopic (exact) mass is 296 g/mol. The molecule has 1 aliphatic rings. The second-order valence-electron chi connectivity index (χ2n) is 5.85. The number of rotatable bonds is 4. The van der Waals surface area contributed by atoms with Crippen LogP contribution in [0.2, 0.25) is 0 Å². The molecule has 2 aromatic rings. The molecule has 114 valence electrons. The number of nitrogens with zero attached hydrogens (tertiary/aromatic N) is 1. The molecule has 1 amide bonds. The Morgan fingerprint density at radius 2 is 1.86 bits per heavy atom. The van der Waals surface area contributed by atoms with Gasteiger partial charge in [0.25, 0.3) is 5.91 Å². The zero-order valence-corrected chi connectivity index (χ0v) is 12.7. The summed E-state index contributed by atoms with van der Waals surface area (Å²) in [7, 11) is 0. The largest absolute Gasteiger partial charge is 0.327 e. The lowest BCUT2D eigenvalue weighted by Crippen LogP contribution is -3.13. The number of hydrogen-bond donors (Lipinski definition) is 2. The van der Waals surface area contributed by atoms with Gasteiger partial charge < -0.3 is 4.90 Å². The number of hydrazone groups is 1. The van der Waals surface area contributed by atoms with Crippen LogP contribution in [0.15, 0.2) is 47.6 Å². The van der Waals surface area contributed by atoms with Gasteiger partial charge in [0.2, 0.25) is 0 Å². The van der Waals surface area contributed by atoms with Crippen molar-refractivity contribution >= 4 is 22.9 Å². The van der Waals surface area contributed by atoms with Gasteiger partial charge in [0.05, 0.1) is 19.3 Å². The van der Waals surface area contributed by atoms with E-state index in [1.807, 2.05) is 24.3 Å². The standard InChI is InChI=1S/C18H21N3O/c22-18(14-21-11-4-1-5-12-21)20-19-13-16-9-6-8-15-7-2-3-10-17(15)16/h2-3,6-10,13H,1,4-5,11-12,14H2,(H,20,22)/p+1. The quantitative estimate of drug-likeness (QED) is 0.649. The number of nitrogens with one attached hydrogen (secondary N) is 2. The number of quaternary nitrogens is 1. The van der Waals surface area contributed by atoms with Crippen LogP contribution < -0.4 is 10.3 Å². The van der Waals surface area contributed by atoms with E-state index in [0.717, 1.165) is 24.0 Å². The number of carbonyl (C=O) groups excluding carboxylic acids is 1. The average Bonchev–Trinajstić information content (AvgIpc) is 2.56. The van der Waals surface area contributed by atoms with E-state index in [0.29, 0.717) is 6.54 Å². The van der Waals surface area contributed by atoms with Crippen molar-refractivity contribution in [3.05, 3.63) is 48.0 Å². The molecule has 1 saturated heterocycles. The molecule has 2 aromatic carbocycles. The van der Waals surface area contributed by atoms with E-state index in [2.05, 4.69) is 28.7 Å². The van der Waals surface area contributed by atoms with Gasteiger partial charge in [-0.2, -0.15) is 5.10 Å². The molecule has 4 nitrogen and oxygen atoms in total. The molecular formula is C18H22N3O+. The van der Waals surface area contributed by atoms with E-state index in [-0.39, 0.29) is 5.91 Å². The molecule has 0 aliphatic carbocycles. The average molecular weight is 296 g/mol. The Hall–Kier alpha value is -2.20. The lowest BCUT2D eigenvalue weighted by Gasteiger charge is -2.22. The molecule has 4 heteroatoms. The highest BCUT2D eigenvalue weighted by atomic mass is 16.2. The summed E-state index contributed by atoms with van der Waals surface area (Å²) in [6.07, 6.45) is 5.47. The van der Waals surface area contributed by atoms with Crippen LogP contribution >= 0.6 is 0 Å². The van der Waals surface area contributed by atoms with Crippen LogP contribution in [0, 0.1) is 0 Å². The first-order valence-corrected chi connectivity index (χ1v) is 7.96. The van der Waals surface area contributed by atoms with Crippen molar-refractivity contribution in [2.24, 2.45) is 5.10 Å². The summed E-state index contributed by atoms with van der Waals surface area (Å²) < 4.78 is 0. The van der Waals surface area contributed by atoms with Gasteiger partial charge in [-0.1, -0.05) is 42.5 Å². The first-order valence-electron chi connectivity index (χ1n) is 7.96. The first-order chi connectivity index (χ1) is 10.8. The summed E-state index contributed by atoms with van der Waals surface area (Å²) in [5, 5.41) is 6.44. The molecule has 1 aliphatic heterocycles. The molecule has 0 unspecified atom stereocenters. The van der Waals surface area contributed by atoms with E-state index in [9.17, 15) is 4.79 Å². The van der Waals surface area contributed by atoms with Crippen molar-refractivity contribution in [1.82, 2.24) is 5.43 Å². The molecule has 0 atom stereocenters. The lowest BCUT2D eigenvalue weighted by molar-refractivity contribution is -0.896. The lowest BCUT2D eigenvalue weighted by atomic mass is 10.1. The summed E-state index contributed by atoms with van der Waals surface area (Å²) in [6, 6.07) is 14.3. The third-order valence-electron chi connectivity index (χ3n) is 4.19. The predicted octanol–water partition coefficient (Wildman–Crippen LogP) is 1.36. The van der Waals surface area contributed by atoms with E-state index >= 15 is 0 Å². The van der Waals surface area contributed by atoms with Gasteiger partial charge >= 0.3 is 0 Å². The van der Waals surface area contributed by atoms with Crippen molar-refractivity contribution in [3.8, 4) is 0 Å². The Labute approximate surface area is 130 Å². The van der Waals surface area contributed by atoms with E-state index in [4.69, 9.17) is 0 Å². The van der Waals surface area contributed by atoms with Gasteiger partial charge in [-0.05, 0) is 30.0 Å². The second-order valence-corrected chi connectivity index (χ2v) is 5.85. The van der Waals surface area contributed by atoms with Crippen LogP contribution in [-0.2, 0) is 4.79 Å². The van der Waals surface area contributed by atoms with Gasteiger partial charge in [0.15, 0.2) is 6.54 Å². The Balaban J connectivity index is 1.60. The molecule has 0 saturated carbocycles. The minimum absolute atomic E-state index is 0.00612. The molecule has 1 heterocycles. The maximum Gasteiger partial charge on any atom is 0.295 e. The number of amides is 1. The van der Waals surface area contributed by atoms with Gasteiger partial charge in [-0.3, -0.25) is 4.79 Å². The highest BCUT2D eigenvalue weighted by Gasteiger charge is 2.16. The summed E-state index contributed by atoms with van der Waals surface area (Å²) >= 11 is 0. The molecule has 0 radical (unpaired) electrons. The molecule has 22 heavy (non-hydrogen) atoms. The highest BCUT2D eigenvalue weighted by Crippen LogP contribution is 2.16. The van der Waals surface area contributed by atoms with Gasteiger partial charge in [-0.25, -0.2) is 5.43 Å². The third-order valence-corrected chi connectivity index (χ3v) is 4.19. The number of carbonyl (C=O) groups is 1. The van der Waals surface area contributed by atoms with Gasteiger partial charge in [0.1, 0.15) is 0 Å². The zero-order chi connectivity index (χ0) is 15.2. The van der Waals surface area contributed by atoms with E-state index in [1.54, 1.807) is 6.21 Å². The number of fused-ring (bicyclic) bond motifs is 1. The Morgan fingerprint density at radius 1 is 1.09 bits per heavy atom. The van der Waals surface area contributed by atoms with Crippen molar-refractivity contribution in [2.45, 2.75) is 19.3 Å². The Kier molecular flexibility index (Phi) is 4.81. The van der Waals surface area contributed by atoms with E-state index < -0.39 is 0 Å². The molecule has 0 bridgehead atoms. The number of likely N-dealkylation sites (tertiary alicyclic amines) is 1. The van der Waals surface area contributed by atoms with Crippen LogP contribution in [-0.4, -0.2) is 31.8 Å². The molecule has 0 spiro atoms. The number of benzene rings is 2. The maximum atomic E-state index is 11.9. The SMILES string of the molecule is O=C(C[NH+]1CCCCC1)NN=Cc1cccc2ccccc12. The third kappa shape index (κ3) is 3.71. The van der Waals surface area contributed by atoms with Crippen LogP contribution in [0.1, 0.15) is 24.8 Å². The Morgan fingerprint density at radius 3 is 2.73 bits per heavy atom. The van der Waals surface area contributed by atoms with E-state index in [1.165, 1.54) is 29.5 Å². The fraction of sp³-hybridized carbons (Fsp3) is 0.333. The highest BCUT2D eigenvalue weighted by molar-refractivity contribution is 5.99. The summed E-state index contributed by atoms with van der Waals surface area (Å²) in [5.74, 6) is -0.00612. The van der Waals surface area contributed by atoms with Crippen LogP contribution in [0.3, 0.4) is 0 Å². The fourth-order valence-corrected chi connectivity index (χ4v) is 3.03. The van der Waals surface area contributed by atoms with Gasteiger partial charge in [-0.15, -0.1) is 0 Å². The molecule has 1 fully saturated rings. The zero-order valence-electron chi connectivity index (χ0n) is 12.7. The minimum atomic E-state index is -0.00612. The summed E-state index contributed by atoms with van der Waals surface area (Å²) in [5.41, 5.74) is 3.67. The molecule has 2 N–H and O–H groups in total. The maximum absolute atomic E-state index is 11.9. The number of hydrogen-bond acceptors (Lipinski definition) is 2.